The third-order valence-corrected chi connectivity index (χ3v) is 3.21. The lowest BCUT2D eigenvalue weighted by atomic mass is 10.2. The Balaban J connectivity index is 1.90. The monoisotopic (exact) mass is 347 g/mol. The van der Waals surface area contributed by atoms with Crippen molar-refractivity contribution < 1.29 is 9.53 Å². The molecule has 0 saturated heterocycles. The van der Waals surface area contributed by atoms with Gasteiger partial charge in [0.15, 0.2) is 0 Å². The van der Waals surface area contributed by atoms with Crippen LogP contribution in [-0.4, -0.2) is 19.4 Å². The fourth-order valence-electron chi connectivity index (χ4n) is 1.61. The van der Waals surface area contributed by atoms with Crippen molar-refractivity contribution in [1.29, 1.82) is 0 Å². The van der Waals surface area contributed by atoms with Gasteiger partial charge in [0.25, 0.3) is 0 Å². The largest absolute Gasteiger partial charge is 0.496 e. The van der Waals surface area contributed by atoms with Crippen LogP contribution in [0.25, 0.3) is 0 Å². The summed E-state index contributed by atoms with van der Waals surface area (Å²) in [5, 5.41) is 6.55. The van der Waals surface area contributed by atoms with E-state index in [1.165, 1.54) is 0 Å². The predicted molar refractivity (Wildman–Crippen MR) is 86.9 cm³/mol. The van der Waals surface area contributed by atoms with Crippen LogP contribution in [0.3, 0.4) is 0 Å². The summed E-state index contributed by atoms with van der Waals surface area (Å²) in [4.78, 5) is 11.6. The first-order valence-electron chi connectivity index (χ1n) is 6.17. The van der Waals surface area contributed by atoms with E-state index in [0.717, 1.165) is 15.8 Å². The summed E-state index contributed by atoms with van der Waals surface area (Å²) in [6, 6.07) is 14.3. The second-order valence-electron chi connectivity index (χ2n) is 4.08. The van der Waals surface area contributed by atoms with Gasteiger partial charge in [-0.15, -0.1) is 0 Å². The number of hydrazone groups is 1. The molecule has 6 heteroatoms. The molecule has 0 aromatic heterocycles. The number of benzene rings is 2. The van der Waals surface area contributed by atoms with E-state index >= 15 is 0 Å². The van der Waals surface area contributed by atoms with Gasteiger partial charge >= 0.3 is 6.03 Å². The molecule has 2 amide bonds. The average Bonchev–Trinajstić information content (AvgIpc) is 2.48. The average molecular weight is 348 g/mol. The van der Waals surface area contributed by atoms with Gasteiger partial charge in [0.2, 0.25) is 0 Å². The summed E-state index contributed by atoms with van der Waals surface area (Å²) in [5.41, 5.74) is 3.94. The maximum atomic E-state index is 11.6. The Hall–Kier alpha value is -2.34. The molecule has 0 heterocycles. The summed E-state index contributed by atoms with van der Waals surface area (Å²) in [6.45, 7) is 0. The van der Waals surface area contributed by atoms with E-state index < -0.39 is 6.03 Å². The number of carbonyl (C=O) groups is 1. The van der Waals surface area contributed by atoms with Gasteiger partial charge in [0, 0.05) is 5.69 Å². The number of hydrogen-bond acceptors (Lipinski definition) is 3. The molecule has 0 atom stereocenters. The Morgan fingerprint density at radius 3 is 2.67 bits per heavy atom. The fourth-order valence-corrected chi connectivity index (χ4v) is 2.17. The Labute approximate surface area is 131 Å². The molecule has 5 nitrogen and oxygen atoms in total. The molecular formula is C15H14BrN3O2. The third-order valence-electron chi connectivity index (χ3n) is 2.59. The number of anilines is 1. The molecule has 2 aromatic rings. The minimum atomic E-state index is -0.398. The fraction of sp³-hybridized carbons (Fsp3) is 0.0667. The summed E-state index contributed by atoms with van der Waals surface area (Å²) in [6.07, 6.45) is 1.55. The van der Waals surface area contributed by atoms with E-state index in [1.807, 2.05) is 36.4 Å². The molecule has 0 unspecified atom stereocenters. The second kappa shape index (κ2) is 7.44. The van der Waals surface area contributed by atoms with E-state index in [2.05, 4.69) is 31.8 Å². The summed E-state index contributed by atoms with van der Waals surface area (Å²) >= 11 is 3.39. The molecule has 0 spiro atoms. The number of nitrogens with one attached hydrogen (secondary N) is 2. The number of para-hydroxylation sites is 1. The SMILES string of the molecule is COc1ccc(/C=N/NC(=O)Nc2ccccc2)cc1Br. The van der Waals surface area contributed by atoms with Gasteiger partial charge in [-0.3, -0.25) is 0 Å². The molecule has 2 aromatic carbocycles. The molecule has 0 saturated carbocycles. The van der Waals surface area contributed by atoms with Gasteiger partial charge in [-0.25, -0.2) is 10.2 Å². The first-order valence-corrected chi connectivity index (χ1v) is 6.97. The topological polar surface area (TPSA) is 62.7 Å². The van der Waals surface area contributed by atoms with Crippen LogP contribution in [0, 0.1) is 0 Å². The van der Waals surface area contributed by atoms with Crippen molar-refractivity contribution in [2.24, 2.45) is 5.10 Å². The zero-order valence-electron chi connectivity index (χ0n) is 11.3. The first kappa shape index (κ1) is 15.1. The summed E-state index contributed by atoms with van der Waals surface area (Å²) in [7, 11) is 1.60. The van der Waals surface area contributed by atoms with Gasteiger partial charge < -0.3 is 10.1 Å². The van der Waals surface area contributed by atoms with Gasteiger partial charge in [-0.05, 0) is 51.8 Å². The highest BCUT2D eigenvalue weighted by molar-refractivity contribution is 9.10. The Morgan fingerprint density at radius 2 is 2.00 bits per heavy atom. The highest BCUT2D eigenvalue weighted by Crippen LogP contribution is 2.24. The van der Waals surface area contributed by atoms with E-state index in [1.54, 1.807) is 25.5 Å². The second-order valence-corrected chi connectivity index (χ2v) is 4.94. The van der Waals surface area contributed by atoms with Crippen molar-refractivity contribution in [2.45, 2.75) is 0 Å². The molecule has 0 fully saturated rings. The van der Waals surface area contributed by atoms with Crippen molar-refractivity contribution in [2.75, 3.05) is 12.4 Å². The molecule has 2 N–H and O–H groups in total. The molecule has 0 bridgehead atoms. The van der Waals surface area contributed by atoms with Crippen LogP contribution in [0.4, 0.5) is 10.5 Å². The number of halogens is 1. The highest BCUT2D eigenvalue weighted by atomic mass is 79.9. The Kier molecular flexibility index (Phi) is 5.34. The maximum absolute atomic E-state index is 11.6. The van der Waals surface area contributed by atoms with Crippen molar-refractivity contribution in [1.82, 2.24) is 5.43 Å². The third kappa shape index (κ3) is 4.61. The number of ether oxygens (including phenoxy) is 1. The molecule has 108 valence electrons. The van der Waals surface area contributed by atoms with Gasteiger partial charge in [-0.2, -0.15) is 5.10 Å². The number of rotatable bonds is 4. The number of hydrogen-bond donors (Lipinski definition) is 2. The molecule has 0 aliphatic rings. The van der Waals surface area contributed by atoms with E-state index in [9.17, 15) is 4.79 Å². The van der Waals surface area contributed by atoms with Crippen LogP contribution in [0.1, 0.15) is 5.56 Å². The number of carbonyl (C=O) groups excluding carboxylic acids is 1. The highest BCUT2D eigenvalue weighted by Gasteiger charge is 2.00. The predicted octanol–water partition coefficient (Wildman–Crippen LogP) is 3.61. The molecule has 21 heavy (non-hydrogen) atoms. The van der Waals surface area contributed by atoms with Crippen molar-refractivity contribution in [3.05, 3.63) is 58.6 Å². The first-order chi connectivity index (χ1) is 10.2. The number of methoxy groups -OCH3 is 1. The van der Waals surface area contributed by atoms with Crippen molar-refractivity contribution >= 4 is 33.9 Å². The minimum Gasteiger partial charge on any atom is -0.496 e. The van der Waals surface area contributed by atoms with E-state index in [-0.39, 0.29) is 0 Å². The maximum Gasteiger partial charge on any atom is 0.339 e. The molecule has 0 radical (unpaired) electrons. The van der Waals surface area contributed by atoms with Crippen LogP contribution in [0.2, 0.25) is 0 Å². The van der Waals surface area contributed by atoms with Crippen molar-refractivity contribution in [3.63, 3.8) is 0 Å². The quantitative estimate of drug-likeness (QED) is 0.655. The zero-order chi connectivity index (χ0) is 15.1. The smallest absolute Gasteiger partial charge is 0.339 e. The summed E-state index contributed by atoms with van der Waals surface area (Å²) in [5.74, 6) is 0.738. The number of urea groups is 1. The van der Waals surface area contributed by atoms with E-state index in [0.29, 0.717) is 5.69 Å². The van der Waals surface area contributed by atoms with Crippen molar-refractivity contribution in [3.8, 4) is 5.75 Å². The lowest BCUT2D eigenvalue weighted by Crippen LogP contribution is -2.24. The molecule has 0 aliphatic carbocycles. The molecule has 2 rings (SSSR count). The number of amides is 2. The standard InChI is InChI=1S/C15H14BrN3O2/c1-21-14-8-7-11(9-13(14)16)10-17-19-15(20)18-12-5-3-2-4-6-12/h2-10H,1H3,(H2,18,19,20)/b17-10+. The van der Waals surface area contributed by atoms with Crippen LogP contribution in [0.5, 0.6) is 5.75 Å². The zero-order valence-corrected chi connectivity index (χ0v) is 12.9. The Morgan fingerprint density at radius 1 is 1.24 bits per heavy atom. The van der Waals surface area contributed by atoms with Crippen LogP contribution in [-0.2, 0) is 0 Å². The number of nitrogens with zero attached hydrogens (tertiary/aromatic N) is 1. The van der Waals surface area contributed by atoms with Gasteiger partial charge in [0.05, 0.1) is 17.8 Å². The van der Waals surface area contributed by atoms with Crippen LogP contribution in [0.15, 0.2) is 58.1 Å². The van der Waals surface area contributed by atoms with Crippen LogP contribution >= 0.6 is 15.9 Å². The molecular weight excluding hydrogens is 334 g/mol. The molecule has 0 aliphatic heterocycles. The minimum absolute atomic E-state index is 0.398. The van der Waals surface area contributed by atoms with Gasteiger partial charge in [0.1, 0.15) is 5.75 Å². The lowest BCUT2D eigenvalue weighted by molar-refractivity contribution is 0.252. The normalized spacial score (nSPS) is 10.4. The Bertz CT molecular complexity index is 645. The lowest BCUT2D eigenvalue weighted by Gasteiger charge is -2.04. The van der Waals surface area contributed by atoms with Gasteiger partial charge in [-0.1, -0.05) is 18.2 Å². The van der Waals surface area contributed by atoms with Crippen LogP contribution < -0.4 is 15.5 Å². The van der Waals surface area contributed by atoms with E-state index in [4.69, 9.17) is 4.74 Å². The summed E-state index contributed by atoms with van der Waals surface area (Å²) < 4.78 is 5.96.